The van der Waals surface area contributed by atoms with E-state index in [-0.39, 0.29) is 12.3 Å². The van der Waals surface area contributed by atoms with Crippen LogP contribution in [0, 0.1) is 5.92 Å². The van der Waals surface area contributed by atoms with E-state index in [2.05, 4.69) is 16.3 Å². The fraction of sp³-hybridized carbons (Fsp3) is 0.360. The van der Waals surface area contributed by atoms with Gasteiger partial charge in [-0.15, -0.1) is 0 Å². The van der Waals surface area contributed by atoms with Crippen molar-refractivity contribution < 1.29 is 18.0 Å². The van der Waals surface area contributed by atoms with Crippen LogP contribution in [0.5, 0.6) is 0 Å². The molecule has 7 heteroatoms. The average Bonchev–Trinajstić information content (AvgIpc) is 2.79. The molecule has 0 unspecified atom stereocenters. The number of fused-ring (bicyclic) bond motifs is 4. The first-order valence-electron chi connectivity index (χ1n) is 11.0. The van der Waals surface area contributed by atoms with Crippen molar-refractivity contribution in [2.24, 2.45) is 5.92 Å². The molecule has 166 valence electrons. The minimum absolute atomic E-state index is 0.00484. The summed E-state index contributed by atoms with van der Waals surface area (Å²) in [4.78, 5) is 19.7. The van der Waals surface area contributed by atoms with Gasteiger partial charge in [-0.3, -0.25) is 4.79 Å². The normalized spacial score (nSPS) is 20.5. The summed E-state index contributed by atoms with van der Waals surface area (Å²) in [7, 11) is 0. The molecule has 2 aliphatic heterocycles. The molecule has 3 fully saturated rings. The van der Waals surface area contributed by atoms with E-state index in [4.69, 9.17) is 4.98 Å². The van der Waals surface area contributed by atoms with E-state index in [0.717, 1.165) is 41.3 Å². The van der Waals surface area contributed by atoms with E-state index in [9.17, 15) is 18.0 Å². The third kappa shape index (κ3) is 4.29. The molecule has 0 atom stereocenters. The van der Waals surface area contributed by atoms with Gasteiger partial charge in [-0.2, -0.15) is 13.2 Å². The number of carbonyl (C=O) groups excluding carboxylic acids is 1. The van der Waals surface area contributed by atoms with Gasteiger partial charge < -0.3 is 10.2 Å². The number of hydrogen-bond donors (Lipinski definition) is 1. The zero-order valence-corrected chi connectivity index (χ0v) is 17.5. The van der Waals surface area contributed by atoms with E-state index in [1.807, 2.05) is 24.3 Å². The topological polar surface area (TPSA) is 45.2 Å². The molecular formula is C25H24F3N3O. The Morgan fingerprint density at radius 1 is 1.00 bits per heavy atom. The lowest BCUT2D eigenvalue weighted by atomic mass is 9.80. The molecule has 1 aliphatic carbocycles. The van der Waals surface area contributed by atoms with Gasteiger partial charge in [-0.25, -0.2) is 4.98 Å². The number of nitrogens with one attached hydrogen (secondary N) is 1. The maximum absolute atomic E-state index is 12.7. The van der Waals surface area contributed by atoms with Crippen LogP contribution in [0.1, 0.15) is 36.8 Å². The fourth-order valence-corrected chi connectivity index (χ4v) is 4.90. The molecule has 1 aromatic heterocycles. The molecule has 2 bridgehead atoms. The number of nitrogens with zero attached hydrogens (tertiary/aromatic N) is 2. The molecule has 4 nitrogen and oxygen atoms in total. The van der Waals surface area contributed by atoms with E-state index in [0.29, 0.717) is 17.3 Å². The van der Waals surface area contributed by atoms with Gasteiger partial charge in [0.25, 0.3) is 0 Å². The van der Waals surface area contributed by atoms with Gasteiger partial charge in [0.05, 0.1) is 17.5 Å². The molecule has 3 aliphatic rings. The van der Waals surface area contributed by atoms with Gasteiger partial charge in [-0.1, -0.05) is 12.1 Å². The first-order valence-corrected chi connectivity index (χ1v) is 11.0. The summed E-state index contributed by atoms with van der Waals surface area (Å²) in [6.07, 6.45) is 0.759. The number of halogens is 3. The second kappa shape index (κ2) is 8.11. The Labute approximate surface area is 184 Å². The Hall–Kier alpha value is -3.09. The number of pyridine rings is 1. The molecular weight excluding hydrogens is 415 g/mol. The van der Waals surface area contributed by atoms with Gasteiger partial charge in [0, 0.05) is 23.7 Å². The van der Waals surface area contributed by atoms with Crippen molar-refractivity contribution in [2.75, 3.05) is 16.8 Å². The van der Waals surface area contributed by atoms with Crippen LogP contribution < -0.4 is 10.2 Å². The maximum Gasteiger partial charge on any atom is 0.416 e. The van der Waals surface area contributed by atoms with Crippen molar-refractivity contribution in [1.29, 1.82) is 0 Å². The average molecular weight is 439 g/mol. The van der Waals surface area contributed by atoms with Crippen molar-refractivity contribution in [1.82, 2.24) is 4.98 Å². The molecule has 0 radical (unpaired) electrons. The highest BCUT2D eigenvalue weighted by Gasteiger charge is 2.34. The molecule has 2 saturated heterocycles. The highest BCUT2D eigenvalue weighted by Crippen LogP contribution is 2.37. The number of piperidine rings is 2. The van der Waals surface area contributed by atoms with Gasteiger partial charge in [0.2, 0.25) is 5.91 Å². The molecule has 0 spiro atoms. The molecule has 1 saturated carbocycles. The van der Waals surface area contributed by atoms with Crippen LogP contribution in [0.15, 0.2) is 54.6 Å². The second-order valence-corrected chi connectivity index (χ2v) is 8.82. The number of hydrogen-bond acceptors (Lipinski definition) is 3. The van der Waals surface area contributed by atoms with Gasteiger partial charge in [0.1, 0.15) is 5.82 Å². The number of amides is 1. The molecule has 2 aromatic carbocycles. The quantitative estimate of drug-likeness (QED) is 0.558. The van der Waals surface area contributed by atoms with Crippen LogP contribution in [-0.2, 0) is 17.4 Å². The minimum Gasteiger partial charge on any atom is -0.353 e. The van der Waals surface area contributed by atoms with Crippen LogP contribution in [0.4, 0.5) is 24.7 Å². The summed E-state index contributed by atoms with van der Waals surface area (Å²) < 4.78 is 38.0. The number of alkyl halides is 3. The van der Waals surface area contributed by atoms with Crippen molar-refractivity contribution in [3.8, 4) is 0 Å². The highest BCUT2D eigenvalue weighted by molar-refractivity contribution is 5.95. The van der Waals surface area contributed by atoms with E-state index < -0.39 is 11.7 Å². The summed E-state index contributed by atoms with van der Waals surface area (Å²) in [6, 6.07) is 14.9. The third-order valence-electron chi connectivity index (χ3n) is 6.61. The molecule has 32 heavy (non-hydrogen) atoms. The Balaban J connectivity index is 1.26. The Kier molecular flexibility index (Phi) is 5.27. The highest BCUT2D eigenvalue weighted by atomic mass is 19.4. The number of rotatable bonds is 4. The summed E-state index contributed by atoms with van der Waals surface area (Å²) in [5, 5.41) is 3.76. The van der Waals surface area contributed by atoms with Crippen LogP contribution in [0.2, 0.25) is 0 Å². The zero-order valence-electron chi connectivity index (χ0n) is 17.5. The monoisotopic (exact) mass is 439 g/mol. The lowest BCUT2D eigenvalue weighted by molar-refractivity contribution is -0.137. The van der Waals surface area contributed by atoms with Crippen LogP contribution in [-0.4, -0.2) is 23.5 Å². The van der Waals surface area contributed by atoms with Crippen molar-refractivity contribution in [2.45, 2.75) is 44.3 Å². The number of aromatic nitrogens is 1. The lowest BCUT2D eigenvalue weighted by Crippen LogP contribution is -2.48. The Morgan fingerprint density at radius 2 is 1.75 bits per heavy atom. The molecule has 1 amide bonds. The first-order chi connectivity index (χ1) is 15.3. The van der Waals surface area contributed by atoms with Crippen LogP contribution in [0.25, 0.3) is 10.9 Å². The van der Waals surface area contributed by atoms with Gasteiger partial charge in [0.15, 0.2) is 0 Å². The summed E-state index contributed by atoms with van der Waals surface area (Å²) >= 11 is 0. The second-order valence-electron chi connectivity index (χ2n) is 8.82. The standard InChI is InChI=1S/C25H24F3N3O/c26-25(27,28)19-6-1-16(2-7-19)13-24(32)29-20-8-11-22-18(14-20)5-12-23(30-22)31-15-17-3-9-21(31)10-4-17/h1-2,5-8,11-12,14,17,21H,3-4,9-10,13,15H2,(H,29,32). The minimum atomic E-state index is -4.38. The summed E-state index contributed by atoms with van der Waals surface area (Å²) in [5.41, 5.74) is 1.32. The largest absolute Gasteiger partial charge is 0.416 e. The molecule has 3 heterocycles. The smallest absolute Gasteiger partial charge is 0.353 e. The maximum atomic E-state index is 12.7. The van der Waals surface area contributed by atoms with E-state index in [1.54, 1.807) is 0 Å². The van der Waals surface area contributed by atoms with Gasteiger partial charge in [-0.05, 0) is 79.6 Å². The summed E-state index contributed by atoms with van der Waals surface area (Å²) in [6.45, 7) is 1.08. The molecule has 3 aromatic rings. The van der Waals surface area contributed by atoms with Crippen molar-refractivity contribution in [3.63, 3.8) is 0 Å². The number of anilines is 2. The van der Waals surface area contributed by atoms with E-state index >= 15 is 0 Å². The van der Waals surface area contributed by atoms with Crippen LogP contribution in [0.3, 0.4) is 0 Å². The lowest BCUT2D eigenvalue weighted by Gasteiger charge is -2.46. The van der Waals surface area contributed by atoms with Crippen molar-refractivity contribution >= 4 is 28.3 Å². The van der Waals surface area contributed by atoms with Gasteiger partial charge >= 0.3 is 6.18 Å². The SMILES string of the molecule is O=C(Cc1ccc(C(F)(F)F)cc1)Nc1ccc2nc(N3CC4CCC3CC4)ccc2c1. The number of benzene rings is 2. The predicted molar refractivity (Wildman–Crippen MR) is 119 cm³/mol. The van der Waals surface area contributed by atoms with E-state index in [1.165, 1.54) is 37.8 Å². The van der Waals surface area contributed by atoms with Crippen LogP contribution >= 0.6 is 0 Å². The number of carbonyl (C=O) groups is 1. The third-order valence-corrected chi connectivity index (χ3v) is 6.61. The Morgan fingerprint density at radius 3 is 2.41 bits per heavy atom. The predicted octanol–water partition coefficient (Wildman–Crippen LogP) is 5.81. The molecule has 1 N–H and O–H groups in total. The summed E-state index contributed by atoms with van der Waals surface area (Å²) in [5.74, 6) is 1.52. The Bertz CT molecular complexity index is 1140. The zero-order chi connectivity index (χ0) is 22.3. The van der Waals surface area contributed by atoms with Crippen molar-refractivity contribution in [3.05, 3.63) is 65.7 Å². The molecule has 6 rings (SSSR count). The fourth-order valence-electron chi connectivity index (χ4n) is 4.90. The first kappa shape index (κ1) is 20.8.